The van der Waals surface area contributed by atoms with Crippen LogP contribution in [-0.4, -0.2) is 36.3 Å². The number of aromatic nitrogens is 1. The SMILES string of the molecule is Cc1ccc(NC(=O)C2CCN(S(=O)(=O)c3ccc4c(c3)sc(=O)n4C(C)C)CC2)cc1. The predicted octanol–water partition coefficient (Wildman–Crippen LogP) is 3.99. The Bertz CT molecular complexity index is 1300. The van der Waals surface area contributed by atoms with Crippen LogP contribution in [0.25, 0.3) is 10.2 Å². The summed E-state index contributed by atoms with van der Waals surface area (Å²) in [6, 6.07) is 12.5. The van der Waals surface area contributed by atoms with Crippen LogP contribution < -0.4 is 10.2 Å². The molecule has 1 aliphatic heterocycles. The van der Waals surface area contributed by atoms with Gasteiger partial charge in [-0.2, -0.15) is 4.31 Å². The minimum Gasteiger partial charge on any atom is -0.326 e. The van der Waals surface area contributed by atoms with E-state index in [2.05, 4.69) is 5.32 Å². The van der Waals surface area contributed by atoms with Crippen molar-refractivity contribution in [1.82, 2.24) is 8.87 Å². The summed E-state index contributed by atoms with van der Waals surface area (Å²) in [7, 11) is -3.69. The number of sulfonamides is 1. The fraction of sp³-hybridized carbons (Fsp3) is 0.391. The second-order valence-electron chi connectivity index (χ2n) is 8.49. The van der Waals surface area contributed by atoms with Gasteiger partial charge >= 0.3 is 4.87 Å². The van der Waals surface area contributed by atoms with Crippen molar-refractivity contribution in [2.24, 2.45) is 5.92 Å². The molecular formula is C23H27N3O4S2. The predicted molar refractivity (Wildman–Crippen MR) is 128 cm³/mol. The first-order valence-electron chi connectivity index (χ1n) is 10.7. The molecule has 0 radical (unpaired) electrons. The molecule has 3 aromatic rings. The molecule has 0 saturated carbocycles. The molecule has 1 aromatic heterocycles. The van der Waals surface area contributed by atoms with Gasteiger partial charge in [0.05, 0.1) is 15.1 Å². The highest BCUT2D eigenvalue weighted by Crippen LogP contribution is 2.28. The van der Waals surface area contributed by atoms with Crippen LogP contribution in [0.4, 0.5) is 5.69 Å². The van der Waals surface area contributed by atoms with Gasteiger partial charge in [-0.3, -0.25) is 14.2 Å². The van der Waals surface area contributed by atoms with E-state index in [9.17, 15) is 18.0 Å². The van der Waals surface area contributed by atoms with E-state index in [1.807, 2.05) is 45.0 Å². The Hall–Kier alpha value is -2.49. The van der Waals surface area contributed by atoms with Crippen molar-refractivity contribution in [2.45, 2.75) is 44.6 Å². The van der Waals surface area contributed by atoms with Gasteiger partial charge in [0.2, 0.25) is 15.9 Å². The number of fused-ring (bicyclic) bond motifs is 1. The van der Waals surface area contributed by atoms with Crippen LogP contribution in [0.15, 0.2) is 52.2 Å². The van der Waals surface area contributed by atoms with Crippen molar-refractivity contribution in [1.29, 1.82) is 0 Å². The number of hydrogen-bond donors (Lipinski definition) is 1. The van der Waals surface area contributed by atoms with E-state index in [0.717, 1.165) is 28.1 Å². The maximum absolute atomic E-state index is 13.2. The first kappa shape index (κ1) is 22.7. The van der Waals surface area contributed by atoms with Gasteiger partial charge < -0.3 is 5.32 Å². The lowest BCUT2D eigenvalue weighted by molar-refractivity contribution is -0.120. The second-order valence-corrected chi connectivity index (χ2v) is 11.4. The summed E-state index contributed by atoms with van der Waals surface area (Å²) in [5.74, 6) is -0.303. The summed E-state index contributed by atoms with van der Waals surface area (Å²) >= 11 is 1.06. The van der Waals surface area contributed by atoms with E-state index in [1.165, 1.54) is 4.31 Å². The Morgan fingerprint density at radius 1 is 1.09 bits per heavy atom. The Morgan fingerprint density at radius 3 is 2.38 bits per heavy atom. The van der Waals surface area contributed by atoms with E-state index in [1.54, 1.807) is 22.8 Å². The molecule has 1 fully saturated rings. The van der Waals surface area contributed by atoms with Gasteiger partial charge in [0.15, 0.2) is 0 Å². The highest BCUT2D eigenvalue weighted by molar-refractivity contribution is 7.89. The average Bonchev–Trinajstić information content (AvgIpc) is 3.10. The minimum absolute atomic E-state index is 0.00351. The molecular weight excluding hydrogens is 446 g/mol. The summed E-state index contributed by atoms with van der Waals surface area (Å²) in [6.07, 6.45) is 0.937. The number of piperidine rings is 1. The van der Waals surface area contributed by atoms with E-state index < -0.39 is 10.0 Å². The first-order chi connectivity index (χ1) is 15.2. The number of anilines is 1. The Kier molecular flexibility index (Phi) is 6.24. The third kappa shape index (κ3) is 4.37. The molecule has 7 nitrogen and oxygen atoms in total. The Morgan fingerprint density at radius 2 is 1.75 bits per heavy atom. The summed E-state index contributed by atoms with van der Waals surface area (Å²) in [4.78, 5) is 25.0. The number of thiazole rings is 1. The quantitative estimate of drug-likeness (QED) is 0.607. The molecule has 2 aromatic carbocycles. The maximum Gasteiger partial charge on any atom is 0.308 e. The van der Waals surface area contributed by atoms with E-state index in [4.69, 9.17) is 0 Å². The standard InChI is InChI=1S/C23H27N3O4S2/c1-15(2)26-20-9-8-19(14-21(20)31-23(26)28)32(29,30)25-12-10-17(11-13-25)22(27)24-18-6-4-16(3)5-7-18/h4-9,14-15,17H,10-13H2,1-3H3,(H,24,27). The number of hydrogen-bond acceptors (Lipinski definition) is 5. The van der Waals surface area contributed by atoms with Gasteiger partial charge in [-0.1, -0.05) is 29.0 Å². The normalized spacial score (nSPS) is 16.0. The summed E-state index contributed by atoms with van der Waals surface area (Å²) in [6.45, 7) is 6.42. The van der Waals surface area contributed by atoms with Crippen molar-refractivity contribution in [3.8, 4) is 0 Å². The molecule has 0 atom stereocenters. The number of carbonyl (C=O) groups excluding carboxylic acids is 1. The summed E-state index contributed by atoms with van der Waals surface area (Å²) in [5.41, 5.74) is 2.62. The van der Waals surface area contributed by atoms with Crippen molar-refractivity contribution in [2.75, 3.05) is 18.4 Å². The third-order valence-corrected chi connectivity index (χ3v) is 8.70. The molecule has 1 N–H and O–H groups in total. The van der Waals surface area contributed by atoms with Crippen molar-refractivity contribution >= 4 is 43.2 Å². The zero-order chi connectivity index (χ0) is 23.0. The van der Waals surface area contributed by atoms with Gasteiger partial charge in [-0.05, 0) is 63.9 Å². The van der Waals surface area contributed by atoms with Gasteiger partial charge in [0, 0.05) is 30.7 Å². The number of benzene rings is 2. The number of nitrogens with zero attached hydrogens (tertiary/aromatic N) is 2. The number of rotatable bonds is 5. The van der Waals surface area contributed by atoms with Crippen LogP contribution in [0.2, 0.25) is 0 Å². The van der Waals surface area contributed by atoms with Crippen molar-refractivity contribution in [3.05, 3.63) is 57.7 Å². The largest absolute Gasteiger partial charge is 0.326 e. The molecule has 170 valence electrons. The number of nitrogens with one attached hydrogen (secondary N) is 1. The highest BCUT2D eigenvalue weighted by Gasteiger charge is 2.32. The molecule has 32 heavy (non-hydrogen) atoms. The van der Waals surface area contributed by atoms with Crippen molar-refractivity contribution in [3.63, 3.8) is 0 Å². The topological polar surface area (TPSA) is 88.5 Å². The van der Waals surface area contributed by atoms with Gasteiger partial charge in [-0.25, -0.2) is 8.42 Å². The van der Waals surface area contributed by atoms with Crippen LogP contribution in [0.1, 0.15) is 38.3 Å². The summed E-state index contributed by atoms with van der Waals surface area (Å²) < 4.78 is 30.2. The second kappa shape index (κ2) is 8.80. The van der Waals surface area contributed by atoms with E-state index in [-0.39, 0.29) is 40.7 Å². The monoisotopic (exact) mass is 473 g/mol. The number of carbonyl (C=O) groups is 1. The maximum atomic E-state index is 13.2. The van der Waals surface area contributed by atoms with Crippen LogP contribution in [0, 0.1) is 12.8 Å². The molecule has 1 amide bonds. The molecule has 2 heterocycles. The van der Waals surface area contributed by atoms with Crippen LogP contribution in [0.5, 0.6) is 0 Å². The third-order valence-electron chi connectivity index (χ3n) is 5.88. The number of aryl methyl sites for hydroxylation is 1. The molecule has 1 aliphatic rings. The van der Waals surface area contributed by atoms with Gasteiger partial charge in [0.1, 0.15) is 0 Å². The lowest BCUT2D eigenvalue weighted by Gasteiger charge is -2.30. The fourth-order valence-corrected chi connectivity index (χ4v) is 6.68. The van der Waals surface area contributed by atoms with Gasteiger partial charge in [0.25, 0.3) is 0 Å². The molecule has 4 rings (SSSR count). The summed E-state index contributed by atoms with van der Waals surface area (Å²) in [5, 5.41) is 2.92. The molecule has 0 aliphatic carbocycles. The van der Waals surface area contributed by atoms with Crippen LogP contribution in [0.3, 0.4) is 0 Å². The molecule has 0 bridgehead atoms. The van der Waals surface area contributed by atoms with E-state index in [0.29, 0.717) is 17.5 Å². The molecule has 0 spiro atoms. The fourth-order valence-electron chi connectivity index (χ4n) is 4.05. The Labute approximate surface area is 191 Å². The number of amides is 1. The molecule has 9 heteroatoms. The zero-order valence-electron chi connectivity index (χ0n) is 18.4. The molecule has 1 saturated heterocycles. The lowest BCUT2D eigenvalue weighted by atomic mass is 9.97. The highest BCUT2D eigenvalue weighted by atomic mass is 32.2. The van der Waals surface area contributed by atoms with Crippen LogP contribution >= 0.6 is 11.3 Å². The average molecular weight is 474 g/mol. The van der Waals surface area contributed by atoms with E-state index >= 15 is 0 Å². The molecule has 0 unspecified atom stereocenters. The van der Waals surface area contributed by atoms with Crippen LogP contribution in [-0.2, 0) is 14.8 Å². The van der Waals surface area contributed by atoms with Crippen molar-refractivity contribution < 1.29 is 13.2 Å². The minimum atomic E-state index is -3.69. The Balaban J connectivity index is 1.46. The zero-order valence-corrected chi connectivity index (χ0v) is 20.0. The first-order valence-corrected chi connectivity index (χ1v) is 13.0. The van der Waals surface area contributed by atoms with Gasteiger partial charge in [-0.15, -0.1) is 0 Å². The lowest BCUT2D eigenvalue weighted by Crippen LogP contribution is -2.41. The smallest absolute Gasteiger partial charge is 0.308 e.